The van der Waals surface area contributed by atoms with Gasteiger partial charge >= 0.3 is 6.18 Å². The van der Waals surface area contributed by atoms with Gasteiger partial charge < -0.3 is 4.90 Å². The first-order chi connectivity index (χ1) is 13.3. The molecule has 3 aromatic rings. The monoisotopic (exact) mass is 389 g/mol. The molecule has 6 nitrogen and oxygen atoms in total. The lowest BCUT2D eigenvalue weighted by Gasteiger charge is -2.31. The van der Waals surface area contributed by atoms with E-state index in [9.17, 15) is 18.0 Å². The van der Waals surface area contributed by atoms with E-state index in [1.54, 1.807) is 4.52 Å². The van der Waals surface area contributed by atoms with E-state index in [-0.39, 0.29) is 11.5 Å². The van der Waals surface area contributed by atoms with E-state index in [1.165, 1.54) is 23.1 Å². The zero-order valence-corrected chi connectivity index (χ0v) is 15.1. The Kier molecular flexibility index (Phi) is 4.52. The van der Waals surface area contributed by atoms with Gasteiger partial charge in [0.15, 0.2) is 11.5 Å². The lowest BCUT2D eigenvalue weighted by molar-refractivity contribution is -0.138. The van der Waals surface area contributed by atoms with Crippen LogP contribution < -0.4 is 0 Å². The molecular formula is C19H18F3N5O. The van der Waals surface area contributed by atoms with Crippen molar-refractivity contribution in [2.24, 2.45) is 0 Å². The van der Waals surface area contributed by atoms with Gasteiger partial charge in [-0.1, -0.05) is 12.1 Å². The average Bonchev–Trinajstić information content (AvgIpc) is 3.10. The Bertz CT molecular complexity index is 1020. The van der Waals surface area contributed by atoms with Gasteiger partial charge in [-0.25, -0.2) is 0 Å². The molecule has 3 heterocycles. The average molecular weight is 389 g/mol. The molecule has 0 aliphatic carbocycles. The van der Waals surface area contributed by atoms with Gasteiger partial charge in [0.05, 0.1) is 16.8 Å². The number of hydrogen-bond donors (Lipinski definition) is 0. The molecule has 0 spiro atoms. The first kappa shape index (κ1) is 18.4. The van der Waals surface area contributed by atoms with Crippen molar-refractivity contribution in [1.29, 1.82) is 0 Å². The molecule has 9 heteroatoms. The molecule has 0 radical (unpaired) electrons. The number of likely N-dealkylation sites (tertiary alicyclic amines) is 1. The summed E-state index contributed by atoms with van der Waals surface area (Å²) in [5, 5.41) is 12.8. The van der Waals surface area contributed by atoms with Gasteiger partial charge in [0.1, 0.15) is 0 Å². The van der Waals surface area contributed by atoms with Gasteiger partial charge in [-0.15, -0.1) is 10.2 Å². The van der Waals surface area contributed by atoms with Crippen LogP contribution in [-0.2, 0) is 6.18 Å². The molecule has 0 saturated carbocycles. The minimum absolute atomic E-state index is 0.0474. The summed E-state index contributed by atoms with van der Waals surface area (Å²) < 4.78 is 41.3. The number of rotatable bonds is 2. The Labute approximate surface area is 159 Å². The molecule has 0 bridgehead atoms. The van der Waals surface area contributed by atoms with Crippen molar-refractivity contribution < 1.29 is 18.0 Å². The van der Waals surface area contributed by atoms with Crippen molar-refractivity contribution in [3.63, 3.8) is 0 Å². The Balaban J connectivity index is 1.52. The van der Waals surface area contributed by atoms with Crippen LogP contribution in [0.15, 0.2) is 36.4 Å². The van der Waals surface area contributed by atoms with Crippen molar-refractivity contribution in [3.8, 4) is 0 Å². The largest absolute Gasteiger partial charge is 0.417 e. The number of halogens is 3. The molecule has 4 rings (SSSR count). The molecule has 146 valence electrons. The van der Waals surface area contributed by atoms with Crippen LogP contribution in [0.5, 0.6) is 0 Å². The van der Waals surface area contributed by atoms with Gasteiger partial charge in [0.25, 0.3) is 5.91 Å². The predicted molar refractivity (Wildman–Crippen MR) is 94.8 cm³/mol. The van der Waals surface area contributed by atoms with E-state index in [2.05, 4.69) is 15.3 Å². The number of carbonyl (C=O) groups is 1. The SMILES string of the molecule is Cc1ccc2nnc(C3CCN(C(=O)c4ccccc4C(F)(F)F)CC3)n2n1. The minimum Gasteiger partial charge on any atom is -0.339 e. The van der Waals surface area contributed by atoms with Crippen molar-refractivity contribution in [3.05, 3.63) is 59.0 Å². The highest BCUT2D eigenvalue weighted by atomic mass is 19.4. The van der Waals surface area contributed by atoms with Crippen LogP contribution in [0, 0.1) is 6.92 Å². The summed E-state index contributed by atoms with van der Waals surface area (Å²) in [5.41, 5.74) is 0.284. The maximum atomic E-state index is 13.2. The Morgan fingerprint density at radius 2 is 1.79 bits per heavy atom. The fourth-order valence-corrected chi connectivity index (χ4v) is 3.58. The summed E-state index contributed by atoms with van der Waals surface area (Å²) in [6.45, 7) is 2.59. The van der Waals surface area contributed by atoms with E-state index in [0.29, 0.717) is 31.6 Å². The van der Waals surface area contributed by atoms with Crippen LogP contribution in [0.2, 0.25) is 0 Å². The number of aromatic nitrogens is 4. The van der Waals surface area contributed by atoms with Crippen molar-refractivity contribution in [1.82, 2.24) is 24.7 Å². The molecule has 1 aliphatic rings. The Morgan fingerprint density at radius 3 is 2.50 bits per heavy atom. The number of amides is 1. The summed E-state index contributed by atoms with van der Waals surface area (Å²) in [6, 6.07) is 8.60. The molecule has 1 aromatic carbocycles. The summed E-state index contributed by atoms with van der Waals surface area (Å²) in [5.74, 6) is 0.180. The molecule has 1 saturated heterocycles. The highest BCUT2D eigenvalue weighted by molar-refractivity contribution is 5.96. The molecule has 0 unspecified atom stereocenters. The standard InChI is InChI=1S/C19H18F3N5O/c1-12-6-7-16-23-24-17(27(16)25-12)13-8-10-26(11-9-13)18(28)14-4-2-3-5-15(14)19(20,21)22/h2-7,13H,8-11H2,1H3. The molecular weight excluding hydrogens is 371 g/mol. The van der Waals surface area contributed by atoms with E-state index in [0.717, 1.165) is 17.6 Å². The number of fused-ring (bicyclic) bond motifs is 1. The molecule has 28 heavy (non-hydrogen) atoms. The third kappa shape index (κ3) is 3.32. The van der Waals surface area contributed by atoms with Crippen molar-refractivity contribution in [2.75, 3.05) is 13.1 Å². The fourth-order valence-electron chi connectivity index (χ4n) is 3.58. The van der Waals surface area contributed by atoms with Gasteiger partial charge in [0, 0.05) is 19.0 Å². The van der Waals surface area contributed by atoms with E-state index in [1.807, 2.05) is 19.1 Å². The summed E-state index contributed by atoms with van der Waals surface area (Å²) in [7, 11) is 0. The quantitative estimate of drug-likeness (QED) is 0.673. The molecule has 2 aromatic heterocycles. The normalized spacial score (nSPS) is 15.9. The Hall–Kier alpha value is -2.97. The number of carbonyl (C=O) groups excluding carboxylic acids is 1. The van der Waals surface area contributed by atoms with E-state index in [4.69, 9.17) is 0 Å². The van der Waals surface area contributed by atoms with Gasteiger partial charge in [-0.3, -0.25) is 4.79 Å². The number of piperidine rings is 1. The first-order valence-electron chi connectivity index (χ1n) is 8.99. The minimum atomic E-state index is -4.56. The van der Waals surface area contributed by atoms with E-state index < -0.39 is 17.6 Å². The number of benzene rings is 1. The van der Waals surface area contributed by atoms with Gasteiger partial charge in [0.2, 0.25) is 0 Å². The number of nitrogens with zero attached hydrogens (tertiary/aromatic N) is 5. The van der Waals surface area contributed by atoms with Crippen LogP contribution in [0.3, 0.4) is 0 Å². The highest BCUT2D eigenvalue weighted by Gasteiger charge is 2.36. The predicted octanol–water partition coefficient (Wildman–Crippen LogP) is 3.47. The summed E-state index contributed by atoms with van der Waals surface area (Å²) >= 11 is 0. The van der Waals surface area contributed by atoms with Gasteiger partial charge in [-0.05, 0) is 44.0 Å². The number of aryl methyl sites for hydroxylation is 1. The molecule has 1 amide bonds. The zero-order chi connectivity index (χ0) is 19.9. The fraction of sp³-hybridized carbons (Fsp3) is 0.368. The maximum absolute atomic E-state index is 13.2. The molecule has 1 fully saturated rings. The molecule has 0 N–H and O–H groups in total. The van der Waals surface area contributed by atoms with Crippen molar-refractivity contribution in [2.45, 2.75) is 31.9 Å². The number of hydrogen-bond acceptors (Lipinski definition) is 4. The van der Waals surface area contributed by atoms with Gasteiger partial charge in [-0.2, -0.15) is 22.8 Å². The molecule has 1 aliphatic heterocycles. The summed E-state index contributed by atoms with van der Waals surface area (Å²) in [6.07, 6.45) is -3.37. The summed E-state index contributed by atoms with van der Waals surface area (Å²) in [4.78, 5) is 14.2. The van der Waals surface area contributed by atoms with E-state index >= 15 is 0 Å². The second-order valence-corrected chi connectivity index (χ2v) is 6.91. The van der Waals surface area contributed by atoms with Crippen LogP contribution in [0.25, 0.3) is 5.65 Å². The van der Waals surface area contributed by atoms with Crippen LogP contribution in [-0.4, -0.2) is 43.7 Å². The van der Waals surface area contributed by atoms with Crippen LogP contribution >= 0.6 is 0 Å². The number of alkyl halides is 3. The lowest BCUT2D eigenvalue weighted by atomic mass is 9.95. The van der Waals surface area contributed by atoms with Crippen molar-refractivity contribution >= 4 is 11.6 Å². The highest BCUT2D eigenvalue weighted by Crippen LogP contribution is 2.33. The van der Waals surface area contributed by atoms with Crippen LogP contribution in [0.1, 0.15) is 46.2 Å². The second-order valence-electron chi connectivity index (χ2n) is 6.91. The topological polar surface area (TPSA) is 63.4 Å². The first-order valence-corrected chi connectivity index (χ1v) is 8.99. The van der Waals surface area contributed by atoms with Crippen LogP contribution in [0.4, 0.5) is 13.2 Å². The lowest BCUT2D eigenvalue weighted by Crippen LogP contribution is -2.39. The maximum Gasteiger partial charge on any atom is 0.417 e. The third-order valence-corrected chi connectivity index (χ3v) is 5.03. The smallest absolute Gasteiger partial charge is 0.339 e. The Morgan fingerprint density at radius 1 is 1.07 bits per heavy atom. The zero-order valence-electron chi connectivity index (χ0n) is 15.1. The molecule has 0 atom stereocenters. The second kappa shape index (κ2) is 6.88. The third-order valence-electron chi connectivity index (χ3n) is 5.03.